The van der Waals surface area contributed by atoms with Crippen LogP contribution in [0.15, 0.2) is 24.3 Å². The van der Waals surface area contributed by atoms with Gasteiger partial charge in [-0.05, 0) is 75.9 Å². The molecular formula is C21H28NO2. The largest absolute Gasteiger partial charge is 0.460 e. The van der Waals surface area contributed by atoms with Gasteiger partial charge in [0.1, 0.15) is 5.60 Å². The summed E-state index contributed by atoms with van der Waals surface area (Å²) in [5, 5.41) is 0. The number of fused-ring (bicyclic) bond motifs is 3. The highest BCUT2D eigenvalue weighted by Crippen LogP contribution is 2.40. The summed E-state index contributed by atoms with van der Waals surface area (Å²) in [6, 6.07) is 9.44. The van der Waals surface area contributed by atoms with Gasteiger partial charge in [-0.25, -0.2) is 0 Å². The molecule has 0 spiro atoms. The number of piperidine rings is 3. The van der Waals surface area contributed by atoms with Crippen molar-refractivity contribution in [2.24, 2.45) is 5.92 Å². The molecule has 3 aliphatic rings. The molecule has 3 saturated heterocycles. The second kappa shape index (κ2) is 7.10. The van der Waals surface area contributed by atoms with Gasteiger partial charge in [0.2, 0.25) is 0 Å². The number of ether oxygens (including phenoxy) is 1. The monoisotopic (exact) mass is 326 g/mol. The number of carbonyl (C=O) groups excluding carboxylic acids is 1. The van der Waals surface area contributed by atoms with Crippen LogP contribution in [0.25, 0.3) is 6.08 Å². The van der Waals surface area contributed by atoms with Crippen molar-refractivity contribution < 1.29 is 9.53 Å². The molecule has 4 rings (SSSR count). The van der Waals surface area contributed by atoms with E-state index in [4.69, 9.17) is 4.74 Å². The Kier molecular flexibility index (Phi) is 5.09. The van der Waals surface area contributed by atoms with Crippen molar-refractivity contribution in [3.63, 3.8) is 0 Å². The zero-order valence-electron chi connectivity index (χ0n) is 15.0. The summed E-state index contributed by atoms with van der Waals surface area (Å²) in [5.74, 6) is 1.24. The minimum atomic E-state index is -0.424. The molecule has 1 aromatic rings. The van der Waals surface area contributed by atoms with Crippen LogP contribution in [-0.4, -0.2) is 36.1 Å². The summed E-state index contributed by atoms with van der Waals surface area (Å²) < 4.78 is 5.36. The fourth-order valence-corrected chi connectivity index (χ4v) is 3.92. The van der Waals surface area contributed by atoms with Crippen LogP contribution in [0.1, 0.15) is 57.1 Å². The van der Waals surface area contributed by atoms with Crippen LogP contribution in [0.4, 0.5) is 0 Å². The number of nitrogens with zero attached hydrogens (tertiary/aromatic N) is 1. The third-order valence-corrected chi connectivity index (χ3v) is 4.99. The summed E-state index contributed by atoms with van der Waals surface area (Å²) in [6.45, 7) is 9.36. The molecule has 0 unspecified atom stereocenters. The number of rotatable bonds is 4. The minimum Gasteiger partial charge on any atom is -0.460 e. The molecule has 24 heavy (non-hydrogen) atoms. The quantitative estimate of drug-likeness (QED) is 0.782. The van der Waals surface area contributed by atoms with Crippen molar-refractivity contribution in [2.75, 3.05) is 19.6 Å². The lowest BCUT2D eigenvalue weighted by Gasteiger charge is -2.45. The highest BCUT2D eigenvalue weighted by molar-refractivity contribution is 5.73. The number of carbonyl (C=O) groups is 1. The Balaban J connectivity index is 1.68. The smallest absolute Gasteiger partial charge is 0.310 e. The molecule has 0 aliphatic carbocycles. The molecule has 0 aromatic heterocycles. The van der Waals surface area contributed by atoms with Gasteiger partial charge in [-0.3, -0.25) is 4.79 Å². The van der Waals surface area contributed by atoms with E-state index in [0.29, 0.717) is 12.3 Å². The van der Waals surface area contributed by atoms with Gasteiger partial charge < -0.3 is 9.64 Å². The van der Waals surface area contributed by atoms with Crippen LogP contribution in [0.3, 0.4) is 0 Å². The zero-order chi connectivity index (χ0) is 17.2. The molecule has 3 heterocycles. The van der Waals surface area contributed by atoms with Gasteiger partial charge in [-0.2, -0.15) is 0 Å². The lowest BCUT2D eigenvalue weighted by atomic mass is 9.74. The second-order valence-corrected chi connectivity index (χ2v) is 7.99. The van der Waals surface area contributed by atoms with Crippen LogP contribution in [0.2, 0.25) is 0 Å². The topological polar surface area (TPSA) is 29.5 Å². The molecule has 0 N–H and O–H groups in total. The average Bonchev–Trinajstić information content (AvgIpc) is 2.54. The number of hydrogen-bond donors (Lipinski definition) is 0. The van der Waals surface area contributed by atoms with Gasteiger partial charge >= 0.3 is 5.97 Å². The molecule has 2 bridgehead atoms. The van der Waals surface area contributed by atoms with Crippen molar-refractivity contribution in [2.45, 2.75) is 51.6 Å². The Bertz CT molecular complexity index is 607. The van der Waals surface area contributed by atoms with E-state index in [2.05, 4.69) is 23.1 Å². The molecule has 3 nitrogen and oxygen atoms in total. The molecule has 1 aromatic carbocycles. The van der Waals surface area contributed by atoms with Crippen molar-refractivity contribution in [3.8, 4) is 0 Å². The van der Waals surface area contributed by atoms with Crippen LogP contribution >= 0.6 is 0 Å². The first-order valence-electron chi connectivity index (χ1n) is 9.03. The lowest BCUT2D eigenvalue weighted by Crippen LogP contribution is -2.46. The van der Waals surface area contributed by atoms with E-state index < -0.39 is 5.60 Å². The van der Waals surface area contributed by atoms with Crippen LogP contribution in [0, 0.1) is 12.0 Å². The first-order valence-corrected chi connectivity index (χ1v) is 9.03. The maximum atomic E-state index is 11.9. The van der Waals surface area contributed by atoms with E-state index in [1.54, 1.807) is 0 Å². The third kappa shape index (κ3) is 4.27. The summed E-state index contributed by atoms with van der Waals surface area (Å²) in [4.78, 5) is 14.4. The summed E-state index contributed by atoms with van der Waals surface area (Å²) in [5.41, 5.74) is 2.18. The maximum Gasteiger partial charge on any atom is 0.310 e. The van der Waals surface area contributed by atoms with Crippen molar-refractivity contribution in [1.82, 2.24) is 4.90 Å². The standard InChI is InChI=1S/C21H28NO2/c1-21(2,3)24-20(23)10-6-8-16-7-4-5-9-18(16)19-15-22-13-11-17(19)12-14-22/h5-9,17,19H,10-15H2,1-3H3/b8-6+/t19-/m1/s1. The SMILES string of the molecule is CC(C)(C)OC(=O)C/C=C/c1c[c]ccc1[C@@H]1CN2CCC1CC2. The molecule has 0 amide bonds. The fourth-order valence-electron chi connectivity index (χ4n) is 3.92. The Hall–Kier alpha value is -1.61. The van der Waals surface area contributed by atoms with E-state index in [1.165, 1.54) is 43.6 Å². The number of esters is 1. The minimum absolute atomic E-state index is 0.178. The fraction of sp³-hybridized carbons (Fsp3) is 0.571. The van der Waals surface area contributed by atoms with Crippen LogP contribution in [-0.2, 0) is 9.53 Å². The van der Waals surface area contributed by atoms with Gasteiger partial charge in [0, 0.05) is 12.5 Å². The third-order valence-electron chi connectivity index (χ3n) is 4.99. The molecule has 3 fully saturated rings. The van der Waals surface area contributed by atoms with Crippen LogP contribution < -0.4 is 0 Å². The van der Waals surface area contributed by atoms with Gasteiger partial charge in [0.25, 0.3) is 0 Å². The Morgan fingerprint density at radius 3 is 2.75 bits per heavy atom. The van der Waals surface area contributed by atoms with E-state index in [0.717, 1.165) is 5.92 Å². The Morgan fingerprint density at radius 2 is 2.12 bits per heavy atom. The van der Waals surface area contributed by atoms with Crippen molar-refractivity contribution >= 4 is 12.0 Å². The first-order chi connectivity index (χ1) is 11.4. The molecule has 129 valence electrons. The lowest BCUT2D eigenvalue weighted by molar-refractivity contribution is -0.153. The van der Waals surface area contributed by atoms with E-state index >= 15 is 0 Å². The molecule has 3 aliphatic heterocycles. The number of hydrogen-bond acceptors (Lipinski definition) is 3. The van der Waals surface area contributed by atoms with Gasteiger partial charge in [-0.15, -0.1) is 0 Å². The van der Waals surface area contributed by atoms with E-state index in [-0.39, 0.29) is 5.97 Å². The maximum absolute atomic E-state index is 11.9. The second-order valence-electron chi connectivity index (χ2n) is 7.99. The Morgan fingerprint density at radius 1 is 1.38 bits per heavy atom. The molecule has 0 saturated carbocycles. The van der Waals surface area contributed by atoms with Crippen molar-refractivity contribution in [1.29, 1.82) is 0 Å². The molecular weight excluding hydrogens is 298 g/mol. The first kappa shape index (κ1) is 17.2. The van der Waals surface area contributed by atoms with Crippen LogP contribution in [0.5, 0.6) is 0 Å². The van der Waals surface area contributed by atoms with Gasteiger partial charge in [0.15, 0.2) is 0 Å². The van der Waals surface area contributed by atoms with Crippen molar-refractivity contribution in [3.05, 3.63) is 41.5 Å². The molecule has 1 atom stereocenters. The van der Waals surface area contributed by atoms with E-state index in [9.17, 15) is 4.79 Å². The van der Waals surface area contributed by atoms with E-state index in [1.807, 2.05) is 39.0 Å². The Labute approximate surface area is 145 Å². The summed E-state index contributed by atoms with van der Waals surface area (Å²) in [6.07, 6.45) is 6.91. The van der Waals surface area contributed by atoms with Gasteiger partial charge in [-0.1, -0.05) is 24.3 Å². The number of benzene rings is 1. The predicted molar refractivity (Wildman–Crippen MR) is 96.7 cm³/mol. The summed E-state index contributed by atoms with van der Waals surface area (Å²) in [7, 11) is 0. The summed E-state index contributed by atoms with van der Waals surface area (Å²) >= 11 is 0. The normalized spacial score (nSPS) is 26.7. The predicted octanol–water partition coefficient (Wildman–Crippen LogP) is 4.04. The molecule has 3 heteroatoms. The highest BCUT2D eigenvalue weighted by atomic mass is 16.6. The zero-order valence-corrected chi connectivity index (χ0v) is 15.0. The molecule has 1 radical (unpaired) electrons. The average molecular weight is 326 g/mol. The van der Waals surface area contributed by atoms with Gasteiger partial charge in [0.05, 0.1) is 6.42 Å². The highest BCUT2D eigenvalue weighted by Gasteiger charge is 2.35.